The Morgan fingerprint density at radius 3 is 2.34 bits per heavy atom. The molecule has 2 aromatic carbocycles. The van der Waals surface area contributed by atoms with Crippen molar-refractivity contribution in [1.82, 2.24) is 14.9 Å². The number of rotatable bonds is 5. The summed E-state index contributed by atoms with van der Waals surface area (Å²) in [6, 6.07) is 23.0. The first-order valence-electron chi connectivity index (χ1n) is 10.8. The van der Waals surface area contributed by atoms with Gasteiger partial charge in [-0.05, 0) is 43.0 Å². The van der Waals surface area contributed by atoms with Gasteiger partial charge >= 0.3 is 5.97 Å². The molecule has 2 aromatic heterocycles. The van der Waals surface area contributed by atoms with E-state index in [2.05, 4.69) is 22.5 Å². The molecule has 160 valence electrons. The molecule has 1 aliphatic carbocycles. The second-order valence-corrected chi connectivity index (χ2v) is 7.87. The van der Waals surface area contributed by atoms with Crippen molar-refractivity contribution in [2.24, 2.45) is 0 Å². The molecule has 0 radical (unpaired) electrons. The molecule has 0 saturated heterocycles. The van der Waals surface area contributed by atoms with Gasteiger partial charge in [0.25, 0.3) is 5.91 Å². The number of hydrogen-bond acceptors (Lipinski definition) is 4. The molecule has 1 aliphatic rings. The summed E-state index contributed by atoms with van der Waals surface area (Å²) in [5.74, 6) is -0.670. The Morgan fingerprint density at radius 1 is 0.969 bits per heavy atom. The number of benzene rings is 2. The molecule has 0 bridgehead atoms. The van der Waals surface area contributed by atoms with Gasteiger partial charge in [0.1, 0.15) is 17.0 Å². The summed E-state index contributed by atoms with van der Waals surface area (Å²) in [6.07, 6.45) is 1.61. The van der Waals surface area contributed by atoms with E-state index in [1.54, 1.807) is 29.6 Å². The largest absolute Gasteiger partial charge is 0.462 e. The van der Waals surface area contributed by atoms with Gasteiger partial charge in [0.2, 0.25) is 0 Å². The third-order valence-electron chi connectivity index (χ3n) is 5.80. The molecule has 6 heteroatoms. The van der Waals surface area contributed by atoms with E-state index >= 15 is 0 Å². The Kier molecular flexibility index (Phi) is 5.19. The summed E-state index contributed by atoms with van der Waals surface area (Å²) < 4.78 is 6.86. The molecule has 0 atom stereocenters. The zero-order valence-electron chi connectivity index (χ0n) is 17.7. The Balaban J connectivity index is 1.53. The highest BCUT2D eigenvalue weighted by molar-refractivity contribution is 6.04. The minimum absolute atomic E-state index is 0.0313. The van der Waals surface area contributed by atoms with Gasteiger partial charge in [0.15, 0.2) is 0 Å². The number of fused-ring (bicyclic) bond motifs is 2. The van der Waals surface area contributed by atoms with Crippen LogP contribution in [0.5, 0.6) is 0 Å². The van der Waals surface area contributed by atoms with E-state index in [0.717, 1.165) is 18.4 Å². The van der Waals surface area contributed by atoms with Gasteiger partial charge in [-0.2, -0.15) is 5.10 Å². The molecule has 0 fully saturated rings. The molecular weight excluding hydrogens is 402 g/mol. The van der Waals surface area contributed by atoms with Crippen molar-refractivity contribution in [3.8, 4) is 11.3 Å². The summed E-state index contributed by atoms with van der Waals surface area (Å²) in [6.45, 7) is 2.02. The number of aromatic nitrogens is 2. The highest BCUT2D eigenvalue weighted by Crippen LogP contribution is 2.28. The van der Waals surface area contributed by atoms with Crippen molar-refractivity contribution in [2.45, 2.75) is 25.8 Å². The number of pyridine rings is 1. The standard InChI is InChI=1S/C26H23N3O3/c1-2-32-26(31)23-21-13-8-14-22(29(21)28-24(23)17-9-4-3-5-10-17)25(30)27-20-15-18-11-6-7-12-19(18)16-20/h3-14,20H,2,15-16H2,1H3,(H,27,30). The fourth-order valence-electron chi connectivity index (χ4n) is 4.36. The minimum atomic E-state index is -0.454. The molecule has 6 nitrogen and oxygen atoms in total. The fourth-order valence-corrected chi connectivity index (χ4v) is 4.36. The lowest BCUT2D eigenvalue weighted by Crippen LogP contribution is -2.36. The lowest BCUT2D eigenvalue weighted by Gasteiger charge is -2.13. The molecule has 1 N–H and O–H groups in total. The van der Waals surface area contributed by atoms with Crippen LogP contribution in [-0.2, 0) is 17.6 Å². The van der Waals surface area contributed by atoms with Gasteiger partial charge in [-0.15, -0.1) is 0 Å². The third kappa shape index (κ3) is 3.54. The van der Waals surface area contributed by atoms with Crippen molar-refractivity contribution in [2.75, 3.05) is 6.61 Å². The maximum absolute atomic E-state index is 13.2. The van der Waals surface area contributed by atoms with Crippen LogP contribution in [0.25, 0.3) is 16.8 Å². The highest BCUT2D eigenvalue weighted by atomic mass is 16.5. The Hall–Kier alpha value is -3.93. The van der Waals surface area contributed by atoms with Crippen LogP contribution in [0, 0.1) is 0 Å². The summed E-state index contributed by atoms with van der Waals surface area (Å²) in [5.41, 5.74) is 5.11. The predicted molar refractivity (Wildman–Crippen MR) is 122 cm³/mol. The molecular formula is C26H23N3O3. The summed E-state index contributed by atoms with van der Waals surface area (Å²) in [4.78, 5) is 26.1. The Morgan fingerprint density at radius 2 is 1.66 bits per heavy atom. The van der Waals surface area contributed by atoms with E-state index in [4.69, 9.17) is 4.74 Å². The topological polar surface area (TPSA) is 72.7 Å². The first-order valence-corrected chi connectivity index (χ1v) is 10.8. The molecule has 2 heterocycles. The average Bonchev–Trinajstić information content (AvgIpc) is 3.40. The van der Waals surface area contributed by atoms with Gasteiger partial charge in [-0.3, -0.25) is 4.79 Å². The second-order valence-electron chi connectivity index (χ2n) is 7.87. The molecule has 0 saturated carbocycles. The van der Waals surface area contributed by atoms with E-state index < -0.39 is 5.97 Å². The maximum atomic E-state index is 13.2. The Bertz CT molecular complexity index is 1290. The molecule has 1 amide bonds. The quantitative estimate of drug-likeness (QED) is 0.489. The molecule has 0 aliphatic heterocycles. The number of amides is 1. The zero-order chi connectivity index (χ0) is 22.1. The molecule has 5 rings (SSSR count). The normalized spacial score (nSPS) is 13.2. The number of carbonyl (C=O) groups is 2. The van der Waals surface area contributed by atoms with Crippen LogP contribution < -0.4 is 5.32 Å². The predicted octanol–water partition coefficient (Wildman–Crippen LogP) is 4.08. The van der Waals surface area contributed by atoms with E-state index in [1.807, 2.05) is 42.5 Å². The van der Waals surface area contributed by atoms with Gasteiger partial charge in [0, 0.05) is 11.6 Å². The molecule has 32 heavy (non-hydrogen) atoms. The van der Waals surface area contributed by atoms with Crippen LogP contribution in [0.15, 0.2) is 72.8 Å². The van der Waals surface area contributed by atoms with Crippen LogP contribution in [0.3, 0.4) is 0 Å². The fraction of sp³-hybridized carbons (Fsp3) is 0.192. The van der Waals surface area contributed by atoms with Crippen LogP contribution >= 0.6 is 0 Å². The lowest BCUT2D eigenvalue weighted by atomic mass is 10.1. The van der Waals surface area contributed by atoms with E-state index in [9.17, 15) is 9.59 Å². The van der Waals surface area contributed by atoms with Crippen molar-refractivity contribution in [3.63, 3.8) is 0 Å². The van der Waals surface area contributed by atoms with Crippen LogP contribution in [0.1, 0.15) is 38.9 Å². The third-order valence-corrected chi connectivity index (χ3v) is 5.80. The van der Waals surface area contributed by atoms with Crippen molar-refractivity contribution >= 4 is 17.4 Å². The number of esters is 1. The number of nitrogens with zero attached hydrogens (tertiary/aromatic N) is 2. The van der Waals surface area contributed by atoms with Crippen LogP contribution in [0.4, 0.5) is 0 Å². The van der Waals surface area contributed by atoms with E-state index in [0.29, 0.717) is 22.5 Å². The lowest BCUT2D eigenvalue weighted by molar-refractivity contribution is 0.0529. The number of carbonyl (C=O) groups excluding carboxylic acids is 2. The minimum Gasteiger partial charge on any atom is -0.462 e. The van der Waals surface area contributed by atoms with Crippen molar-refractivity contribution < 1.29 is 14.3 Å². The molecule has 0 unspecified atom stereocenters. The first-order chi connectivity index (χ1) is 15.7. The van der Waals surface area contributed by atoms with Gasteiger partial charge in [0.05, 0.1) is 12.1 Å². The van der Waals surface area contributed by atoms with Gasteiger partial charge < -0.3 is 10.1 Å². The second kappa shape index (κ2) is 8.30. The smallest absolute Gasteiger partial charge is 0.342 e. The number of hydrogen-bond donors (Lipinski definition) is 1. The highest BCUT2D eigenvalue weighted by Gasteiger charge is 2.27. The maximum Gasteiger partial charge on any atom is 0.342 e. The molecule has 4 aromatic rings. The monoisotopic (exact) mass is 425 g/mol. The van der Waals surface area contributed by atoms with Gasteiger partial charge in [-0.1, -0.05) is 60.7 Å². The van der Waals surface area contributed by atoms with Crippen molar-refractivity contribution in [1.29, 1.82) is 0 Å². The molecule has 0 spiro atoms. The number of ether oxygens (including phenoxy) is 1. The van der Waals surface area contributed by atoms with E-state index in [-0.39, 0.29) is 18.6 Å². The Labute approximate surface area is 185 Å². The van der Waals surface area contributed by atoms with Gasteiger partial charge in [-0.25, -0.2) is 9.31 Å². The van der Waals surface area contributed by atoms with Crippen LogP contribution in [0.2, 0.25) is 0 Å². The first kappa shape index (κ1) is 20.0. The summed E-state index contributed by atoms with van der Waals surface area (Å²) >= 11 is 0. The summed E-state index contributed by atoms with van der Waals surface area (Å²) in [7, 11) is 0. The van der Waals surface area contributed by atoms with Crippen molar-refractivity contribution in [3.05, 3.63) is 95.2 Å². The zero-order valence-corrected chi connectivity index (χ0v) is 17.7. The average molecular weight is 425 g/mol. The van der Waals surface area contributed by atoms with E-state index in [1.165, 1.54) is 11.1 Å². The SMILES string of the molecule is CCOC(=O)c1c(-c2ccccc2)nn2c(C(=O)NC3Cc4ccccc4C3)cccc12. The number of nitrogens with one attached hydrogen (secondary N) is 1. The summed E-state index contributed by atoms with van der Waals surface area (Å²) in [5, 5.41) is 7.82. The van der Waals surface area contributed by atoms with Crippen LogP contribution in [-0.4, -0.2) is 34.1 Å².